The summed E-state index contributed by atoms with van der Waals surface area (Å²) >= 11 is 0. The number of nitrogens with one attached hydrogen (secondary N) is 2. The van der Waals surface area contributed by atoms with Crippen LogP contribution in [0.1, 0.15) is 49.3 Å². The number of aliphatic hydroxyl groups is 1. The Morgan fingerprint density at radius 1 is 1.13 bits per heavy atom. The normalized spacial score (nSPS) is 26.0. The Bertz CT molecular complexity index is 989. The molecular weight excluding hydrogens is 378 g/mol. The Balaban J connectivity index is 1.80. The van der Waals surface area contributed by atoms with E-state index in [-0.39, 0.29) is 6.04 Å². The zero-order valence-electron chi connectivity index (χ0n) is 17.7. The Hall–Kier alpha value is -2.86. The maximum Gasteiger partial charge on any atom is 0.329 e. The molecule has 0 unspecified atom stereocenters. The maximum atomic E-state index is 13.6. The highest BCUT2D eigenvalue weighted by molar-refractivity contribution is 6.11. The zero-order valence-corrected chi connectivity index (χ0v) is 17.7. The van der Waals surface area contributed by atoms with E-state index in [2.05, 4.69) is 17.6 Å². The zero-order chi connectivity index (χ0) is 21.5. The first kappa shape index (κ1) is 20.4. The molecule has 1 aliphatic heterocycles. The summed E-state index contributed by atoms with van der Waals surface area (Å²) in [5.41, 5.74) is 1.18. The summed E-state index contributed by atoms with van der Waals surface area (Å²) in [4.78, 5) is 27.9. The molecule has 0 saturated heterocycles. The lowest BCUT2D eigenvalue weighted by Gasteiger charge is -2.44. The van der Waals surface area contributed by atoms with Crippen molar-refractivity contribution in [1.29, 1.82) is 0 Å². The number of rotatable bonds is 3. The van der Waals surface area contributed by atoms with E-state index >= 15 is 0 Å². The molecule has 2 aliphatic rings. The second kappa shape index (κ2) is 7.76. The van der Waals surface area contributed by atoms with Crippen LogP contribution in [0.4, 0.5) is 16.2 Å². The fraction of sp³-hybridized carbons (Fsp3) is 0.417. The van der Waals surface area contributed by atoms with Gasteiger partial charge in [-0.3, -0.25) is 9.69 Å². The Morgan fingerprint density at radius 2 is 1.87 bits per heavy atom. The van der Waals surface area contributed by atoms with Gasteiger partial charge in [0.1, 0.15) is 0 Å². The van der Waals surface area contributed by atoms with Gasteiger partial charge in [0, 0.05) is 17.3 Å². The average molecular weight is 408 g/mol. The minimum absolute atomic E-state index is 0.0194. The number of nitrogens with zero attached hydrogens (tertiary/aromatic N) is 1. The Morgan fingerprint density at radius 3 is 2.60 bits per heavy atom. The highest BCUT2D eigenvalue weighted by atomic mass is 16.3. The highest BCUT2D eigenvalue weighted by Gasteiger charge is 2.52. The number of carbonyl (C=O) groups excluding carboxylic acids is 2. The van der Waals surface area contributed by atoms with Crippen LogP contribution in [0.2, 0.25) is 0 Å². The molecule has 6 heteroatoms. The van der Waals surface area contributed by atoms with Gasteiger partial charge in [-0.2, -0.15) is 0 Å². The van der Waals surface area contributed by atoms with Gasteiger partial charge in [0.25, 0.3) is 11.6 Å². The van der Waals surface area contributed by atoms with Crippen molar-refractivity contribution >= 4 is 23.3 Å². The van der Waals surface area contributed by atoms with Crippen molar-refractivity contribution in [2.75, 3.05) is 10.2 Å². The smallest absolute Gasteiger partial charge is 0.329 e. The number of para-hydroxylation sites is 1. The van der Waals surface area contributed by atoms with Crippen molar-refractivity contribution in [2.24, 2.45) is 5.92 Å². The second-order valence-electron chi connectivity index (χ2n) is 8.59. The lowest BCUT2D eigenvalue weighted by Crippen LogP contribution is -2.64. The third-order valence-electron chi connectivity index (χ3n) is 6.56. The lowest BCUT2D eigenvalue weighted by molar-refractivity contribution is -0.141. The molecule has 1 saturated carbocycles. The molecule has 1 fully saturated rings. The SMILES string of the molecule is Cc1ccc(N2C(=O)Nc3ccccc3[C@@]2(O)C(=O)N[C@@H]2CCCC[C@@H]2C)cc1C. The summed E-state index contributed by atoms with van der Waals surface area (Å²) in [5.74, 6) is -0.240. The molecule has 3 atom stereocenters. The van der Waals surface area contributed by atoms with E-state index in [1.807, 2.05) is 26.0 Å². The number of hydrogen-bond acceptors (Lipinski definition) is 3. The summed E-state index contributed by atoms with van der Waals surface area (Å²) in [6, 6.07) is 11.8. The van der Waals surface area contributed by atoms with Crippen molar-refractivity contribution in [2.45, 2.75) is 58.2 Å². The number of benzene rings is 2. The molecule has 2 aromatic rings. The van der Waals surface area contributed by atoms with E-state index in [4.69, 9.17) is 0 Å². The van der Waals surface area contributed by atoms with Crippen molar-refractivity contribution in [3.63, 3.8) is 0 Å². The highest BCUT2D eigenvalue weighted by Crippen LogP contribution is 2.40. The molecule has 158 valence electrons. The molecule has 3 N–H and O–H groups in total. The molecule has 1 aliphatic carbocycles. The van der Waals surface area contributed by atoms with Crippen LogP contribution in [0.15, 0.2) is 42.5 Å². The number of anilines is 2. The van der Waals surface area contributed by atoms with Gasteiger partial charge in [-0.15, -0.1) is 0 Å². The largest absolute Gasteiger partial charge is 0.359 e. The molecule has 0 radical (unpaired) electrons. The van der Waals surface area contributed by atoms with Gasteiger partial charge in [0.05, 0.1) is 5.69 Å². The topological polar surface area (TPSA) is 81.7 Å². The molecular formula is C24H29N3O3. The predicted molar refractivity (Wildman–Crippen MR) is 117 cm³/mol. The first-order valence-corrected chi connectivity index (χ1v) is 10.6. The second-order valence-corrected chi connectivity index (χ2v) is 8.59. The average Bonchev–Trinajstić information content (AvgIpc) is 2.72. The third-order valence-corrected chi connectivity index (χ3v) is 6.56. The van der Waals surface area contributed by atoms with Gasteiger partial charge < -0.3 is 15.7 Å². The number of fused-ring (bicyclic) bond motifs is 1. The van der Waals surface area contributed by atoms with Crippen molar-refractivity contribution in [3.8, 4) is 0 Å². The first-order valence-electron chi connectivity index (χ1n) is 10.6. The first-order chi connectivity index (χ1) is 14.3. The van der Waals surface area contributed by atoms with Gasteiger partial charge in [-0.05, 0) is 61.9 Å². The van der Waals surface area contributed by atoms with E-state index in [0.29, 0.717) is 22.9 Å². The summed E-state index contributed by atoms with van der Waals surface area (Å²) in [7, 11) is 0. The summed E-state index contributed by atoms with van der Waals surface area (Å²) < 4.78 is 0. The minimum Gasteiger partial charge on any atom is -0.359 e. The van der Waals surface area contributed by atoms with E-state index < -0.39 is 17.7 Å². The van der Waals surface area contributed by atoms with Gasteiger partial charge in [0.15, 0.2) is 0 Å². The summed E-state index contributed by atoms with van der Waals surface area (Å²) in [6.45, 7) is 6.04. The van der Waals surface area contributed by atoms with Crippen LogP contribution >= 0.6 is 0 Å². The number of hydrogen-bond donors (Lipinski definition) is 3. The summed E-state index contributed by atoms with van der Waals surface area (Å²) in [6.07, 6.45) is 4.12. The lowest BCUT2D eigenvalue weighted by atomic mass is 9.85. The molecule has 2 aromatic carbocycles. The van der Waals surface area contributed by atoms with Crippen molar-refractivity contribution < 1.29 is 14.7 Å². The van der Waals surface area contributed by atoms with Crippen LogP contribution in [0.25, 0.3) is 0 Å². The minimum atomic E-state index is -2.14. The third kappa shape index (κ3) is 3.35. The maximum absolute atomic E-state index is 13.6. The van der Waals surface area contributed by atoms with Crippen LogP contribution < -0.4 is 15.5 Å². The molecule has 6 nitrogen and oxygen atoms in total. The fourth-order valence-corrected chi connectivity index (χ4v) is 4.53. The van der Waals surface area contributed by atoms with Gasteiger partial charge in [-0.25, -0.2) is 4.79 Å². The number of aryl methyl sites for hydroxylation is 2. The number of carbonyl (C=O) groups is 2. The quantitative estimate of drug-likeness (QED) is 0.713. The molecule has 4 rings (SSSR count). The number of amides is 3. The Kier molecular flexibility index (Phi) is 5.28. The van der Waals surface area contributed by atoms with Gasteiger partial charge in [0.2, 0.25) is 0 Å². The van der Waals surface area contributed by atoms with E-state index in [0.717, 1.165) is 36.8 Å². The van der Waals surface area contributed by atoms with E-state index in [1.54, 1.807) is 30.3 Å². The molecule has 1 heterocycles. The van der Waals surface area contributed by atoms with Crippen LogP contribution in [0, 0.1) is 19.8 Å². The van der Waals surface area contributed by atoms with Crippen molar-refractivity contribution in [1.82, 2.24) is 5.32 Å². The molecule has 0 aromatic heterocycles. The van der Waals surface area contributed by atoms with E-state index in [9.17, 15) is 14.7 Å². The number of urea groups is 1. The van der Waals surface area contributed by atoms with E-state index in [1.165, 1.54) is 4.90 Å². The van der Waals surface area contributed by atoms with Crippen LogP contribution in [0.3, 0.4) is 0 Å². The van der Waals surface area contributed by atoms with Crippen LogP contribution in [-0.2, 0) is 10.5 Å². The Labute approximate surface area is 177 Å². The predicted octanol–water partition coefficient (Wildman–Crippen LogP) is 4.20. The van der Waals surface area contributed by atoms with Gasteiger partial charge in [-0.1, -0.05) is 44.0 Å². The van der Waals surface area contributed by atoms with Gasteiger partial charge >= 0.3 is 6.03 Å². The van der Waals surface area contributed by atoms with Crippen LogP contribution in [0.5, 0.6) is 0 Å². The molecule has 30 heavy (non-hydrogen) atoms. The molecule has 0 bridgehead atoms. The molecule has 3 amide bonds. The van der Waals surface area contributed by atoms with Crippen LogP contribution in [-0.4, -0.2) is 23.1 Å². The summed E-state index contributed by atoms with van der Waals surface area (Å²) in [5, 5.41) is 17.8. The fourth-order valence-electron chi connectivity index (χ4n) is 4.53. The standard InChI is InChI=1S/C24H29N3O3/c1-15-12-13-18(14-17(15)3)27-23(29)26-21-11-7-5-9-19(21)24(27,30)22(28)25-20-10-6-4-8-16(20)2/h5,7,9,11-14,16,20,30H,4,6,8,10H2,1-3H3,(H,25,28)(H,26,29)/t16-,20+,24+/m0/s1. The molecule has 0 spiro atoms. The van der Waals surface area contributed by atoms with Crippen molar-refractivity contribution in [3.05, 3.63) is 59.2 Å². The monoisotopic (exact) mass is 407 g/mol.